The van der Waals surface area contributed by atoms with Crippen LogP contribution in [-0.4, -0.2) is 0 Å². The average molecular weight is 698 g/mol. The van der Waals surface area contributed by atoms with E-state index < -0.39 is 0 Å². The molecule has 1 heterocycles. The number of allylic oxidation sites excluding steroid dienone is 11. The van der Waals surface area contributed by atoms with Crippen molar-refractivity contribution in [3.05, 3.63) is 197 Å². The molecule has 54 heavy (non-hydrogen) atoms. The Hall–Kier alpha value is -5.86. The Morgan fingerprint density at radius 1 is 0.667 bits per heavy atom. The van der Waals surface area contributed by atoms with Crippen LogP contribution in [0.3, 0.4) is 0 Å². The summed E-state index contributed by atoms with van der Waals surface area (Å²) in [6.45, 7) is 9.49. The van der Waals surface area contributed by atoms with E-state index in [1.165, 1.54) is 66.6 Å². The minimum Gasteiger partial charge on any atom is -0.455 e. The predicted octanol–water partition coefficient (Wildman–Crippen LogP) is 13.6. The maximum Gasteiger partial charge on any atom is 0.143 e. The van der Waals surface area contributed by atoms with Gasteiger partial charge in [0.1, 0.15) is 11.2 Å². The van der Waals surface area contributed by atoms with E-state index in [2.05, 4.69) is 190 Å². The van der Waals surface area contributed by atoms with Crippen molar-refractivity contribution in [3.8, 4) is 11.1 Å². The lowest BCUT2D eigenvalue weighted by Crippen LogP contribution is -2.27. The van der Waals surface area contributed by atoms with Gasteiger partial charge in [-0.25, -0.2) is 0 Å². The third-order valence-electron chi connectivity index (χ3n) is 13.3. The first-order chi connectivity index (χ1) is 26.3. The molecule has 0 N–H and O–H groups in total. The Kier molecular flexibility index (Phi) is 6.64. The quantitative estimate of drug-likeness (QED) is 0.182. The number of para-hydroxylation sites is 1. The van der Waals surface area contributed by atoms with Crippen molar-refractivity contribution in [1.82, 2.24) is 0 Å². The normalized spacial score (nSPS) is 22.2. The van der Waals surface area contributed by atoms with Crippen LogP contribution < -0.4 is 4.90 Å². The highest BCUT2D eigenvalue weighted by Gasteiger charge is 2.42. The highest BCUT2D eigenvalue weighted by molar-refractivity contribution is 6.12. The summed E-state index contributed by atoms with van der Waals surface area (Å²) in [5.41, 5.74) is 17.7. The largest absolute Gasteiger partial charge is 0.455 e. The number of hydrogen-bond donors (Lipinski definition) is 0. The number of nitrogens with zero attached hydrogens (tertiary/aromatic N) is 1. The molecule has 5 aliphatic carbocycles. The van der Waals surface area contributed by atoms with Gasteiger partial charge in [-0.3, -0.25) is 0 Å². The first-order valence-corrected chi connectivity index (χ1v) is 19.5. The van der Waals surface area contributed by atoms with Gasteiger partial charge in [-0.05, 0) is 81.8 Å². The summed E-state index contributed by atoms with van der Waals surface area (Å²) in [5, 5.41) is 2.35. The summed E-state index contributed by atoms with van der Waals surface area (Å²) in [4.78, 5) is 2.50. The number of benzene rings is 5. The van der Waals surface area contributed by atoms with E-state index in [4.69, 9.17) is 4.42 Å². The minimum atomic E-state index is -0.145. The molecule has 5 aliphatic rings. The lowest BCUT2D eigenvalue weighted by atomic mass is 9.77. The van der Waals surface area contributed by atoms with Crippen molar-refractivity contribution >= 4 is 38.9 Å². The zero-order chi connectivity index (χ0) is 36.3. The van der Waals surface area contributed by atoms with Gasteiger partial charge >= 0.3 is 0 Å². The van der Waals surface area contributed by atoms with E-state index in [-0.39, 0.29) is 16.7 Å². The van der Waals surface area contributed by atoms with Gasteiger partial charge in [0.25, 0.3) is 0 Å². The molecule has 5 aromatic carbocycles. The molecule has 262 valence electrons. The van der Waals surface area contributed by atoms with Gasteiger partial charge in [-0.2, -0.15) is 0 Å². The molecule has 2 nitrogen and oxygen atoms in total. The van der Waals surface area contributed by atoms with Crippen LogP contribution in [0.5, 0.6) is 0 Å². The van der Waals surface area contributed by atoms with Gasteiger partial charge in [-0.1, -0.05) is 155 Å². The summed E-state index contributed by atoms with van der Waals surface area (Å²) in [7, 11) is 0. The molecule has 11 rings (SSSR count). The molecule has 0 aliphatic heterocycles. The number of fused-ring (bicyclic) bond motifs is 11. The van der Waals surface area contributed by atoms with Crippen LogP contribution in [0.25, 0.3) is 38.6 Å². The molecule has 1 aromatic heterocycles. The topological polar surface area (TPSA) is 16.4 Å². The maximum atomic E-state index is 6.68. The van der Waals surface area contributed by atoms with Crippen LogP contribution in [0.1, 0.15) is 67.9 Å². The van der Waals surface area contributed by atoms with Crippen LogP contribution in [0, 0.1) is 11.8 Å². The van der Waals surface area contributed by atoms with E-state index >= 15 is 0 Å². The average Bonchev–Trinajstić information content (AvgIpc) is 3.78. The van der Waals surface area contributed by atoms with Crippen molar-refractivity contribution in [2.45, 2.75) is 50.9 Å². The zero-order valence-electron chi connectivity index (χ0n) is 31.3. The Morgan fingerprint density at radius 3 is 2.31 bits per heavy atom. The molecule has 2 heteroatoms. The van der Waals surface area contributed by atoms with Crippen LogP contribution in [0.15, 0.2) is 173 Å². The second-order valence-corrected chi connectivity index (χ2v) is 16.8. The van der Waals surface area contributed by atoms with Gasteiger partial charge in [-0.15, -0.1) is 0 Å². The van der Waals surface area contributed by atoms with Gasteiger partial charge in [0.05, 0.1) is 0 Å². The summed E-state index contributed by atoms with van der Waals surface area (Å²) >= 11 is 0. The second-order valence-electron chi connectivity index (χ2n) is 16.8. The standard InChI is InChI=1S/C52H43NO/c1-51(2)44-28-25-36(31-42(44)49-45(51)29-27-41-40-16-8-10-19-48(40)54-50(41)49)53(47-18-11-13-33-12-5-6-14-37(33)47)35-23-20-32(21-24-35)34-22-26-39-38-15-7-9-17-43(38)52(3,4)46(39)30-34/h5-25,27-31,33,37,39H,26H2,1-4H3. The predicted molar refractivity (Wildman–Crippen MR) is 225 cm³/mol. The van der Waals surface area contributed by atoms with Crippen molar-refractivity contribution < 1.29 is 4.42 Å². The van der Waals surface area contributed by atoms with E-state index in [9.17, 15) is 0 Å². The van der Waals surface area contributed by atoms with E-state index in [0.717, 1.165) is 29.0 Å². The smallest absolute Gasteiger partial charge is 0.143 e. The fourth-order valence-corrected chi connectivity index (χ4v) is 10.5. The fraction of sp³-hybridized carbons (Fsp3) is 0.192. The van der Waals surface area contributed by atoms with E-state index in [1.54, 1.807) is 0 Å². The monoisotopic (exact) mass is 697 g/mol. The molecule has 0 fully saturated rings. The molecule has 0 saturated carbocycles. The van der Waals surface area contributed by atoms with Crippen molar-refractivity contribution in [3.63, 3.8) is 0 Å². The lowest BCUT2D eigenvalue weighted by molar-refractivity contribution is 0.612. The van der Waals surface area contributed by atoms with Crippen molar-refractivity contribution in [1.29, 1.82) is 0 Å². The number of anilines is 2. The summed E-state index contributed by atoms with van der Waals surface area (Å²) in [6, 6.07) is 38.5. The molecule has 3 unspecified atom stereocenters. The molecule has 3 atom stereocenters. The van der Waals surface area contributed by atoms with E-state index in [1.807, 2.05) is 0 Å². The molecule has 0 radical (unpaired) electrons. The summed E-state index contributed by atoms with van der Waals surface area (Å²) in [5.74, 6) is 1.04. The fourth-order valence-electron chi connectivity index (χ4n) is 10.5. The third kappa shape index (κ3) is 4.40. The Labute approximate surface area is 317 Å². The Balaban J connectivity index is 1.03. The first kappa shape index (κ1) is 31.6. The zero-order valence-corrected chi connectivity index (χ0v) is 31.3. The molecule has 6 aromatic rings. The lowest BCUT2D eigenvalue weighted by Gasteiger charge is -2.36. The highest BCUT2D eigenvalue weighted by atomic mass is 16.3. The van der Waals surface area contributed by atoms with Gasteiger partial charge in [0, 0.05) is 62.0 Å². The number of rotatable bonds is 4. The minimum absolute atomic E-state index is 0.0334. The van der Waals surface area contributed by atoms with E-state index in [0.29, 0.717) is 11.8 Å². The molecule has 0 spiro atoms. The summed E-state index contributed by atoms with van der Waals surface area (Å²) in [6.07, 6.45) is 21.9. The molecule has 0 bridgehead atoms. The maximum absolute atomic E-state index is 6.68. The van der Waals surface area contributed by atoms with Gasteiger partial charge in [0.2, 0.25) is 0 Å². The third-order valence-corrected chi connectivity index (χ3v) is 13.3. The van der Waals surface area contributed by atoms with Crippen molar-refractivity contribution in [2.75, 3.05) is 4.90 Å². The SMILES string of the molecule is CC1(C)C2=CC(c3ccc(N(C4=CC=CC5C=CC=CC45)c4ccc5c(c4)-c4c(ccc6c4oc4ccccc46)C5(C)C)cc3)=CCC2c2ccccc21. The summed E-state index contributed by atoms with van der Waals surface area (Å²) < 4.78 is 6.68. The number of furan rings is 1. The molecular formula is C52H43NO. The van der Waals surface area contributed by atoms with Gasteiger partial charge < -0.3 is 9.32 Å². The van der Waals surface area contributed by atoms with Crippen LogP contribution in [-0.2, 0) is 10.8 Å². The molecule has 0 amide bonds. The molecule has 0 saturated heterocycles. The van der Waals surface area contributed by atoms with Crippen LogP contribution >= 0.6 is 0 Å². The first-order valence-electron chi connectivity index (χ1n) is 19.5. The van der Waals surface area contributed by atoms with Crippen molar-refractivity contribution in [2.24, 2.45) is 11.8 Å². The Bertz CT molecular complexity index is 2750. The van der Waals surface area contributed by atoms with Gasteiger partial charge in [0.15, 0.2) is 0 Å². The Morgan fingerprint density at radius 2 is 1.43 bits per heavy atom. The molecular weight excluding hydrogens is 655 g/mol. The van der Waals surface area contributed by atoms with Crippen LogP contribution in [0.2, 0.25) is 0 Å². The van der Waals surface area contributed by atoms with Crippen LogP contribution in [0.4, 0.5) is 11.4 Å². The number of hydrogen-bond acceptors (Lipinski definition) is 2. The second kappa shape index (κ2) is 11.3. The highest BCUT2D eigenvalue weighted by Crippen LogP contribution is 2.56.